The van der Waals surface area contributed by atoms with E-state index in [4.69, 9.17) is 0 Å². The van der Waals surface area contributed by atoms with Crippen molar-refractivity contribution in [3.8, 4) is 0 Å². The standard InChI is InChI=1S/C7H19ISi2/c1-9(2,3)7(8)10(4,5)6/h7H,1-6H3. The van der Waals surface area contributed by atoms with Crippen LogP contribution in [0.3, 0.4) is 0 Å². The van der Waals surface area contributed by atoms with Crippen LogP contribution in [0.25, 0.3) is 0 Å². The highest BCUT2D eigenvalue weighted by molar-refractivity contribution is 14.1. The van der Waals surface area contributed by atoms with Gasteiger partial charge in [-0.25, -0.2) is 0 Å². The Hall–Kier alpha value is 1.16. The molecule has 0 atom stereocenters. The summed E-state index contributed by atoms with van der Waals surface area (Å²) in [6.07, 6.45) is 0. The molecule has 0 spiro atoms. The molecule has 0 aliphatic carbocycles. The summed E-state index contributed by atoms with van der Waals surface area (Å²) < 4.78 is 1.01. The lowest BCUT2D eigenvalue weighted by molar-refractivity contribution is 1.50. The first-order valence-corrected chi connectivity index (χ1v) is 12.2. The lowest BCUT2D eigenvalue weighted by Crippen LogP contribution is -2.49. The van der Waals surface area contributed by atoms with Gasteiger partial charge in [-0.1, -0.05) is 61.9 Å². The SMILES string of the molecule is C[Si](C)(C)C(I)[Si](C)(C)C. The summed E-state index contributed by atoms with van der Waals surface area (Å²) in [6, 6.07) is 0. The Labute approximate surface area is 81.0 Å². The lowest BCUT2D eigenvalue weighted by atomic mass is 11.7. The van der Waals surface area contributed by atoms with Crippen molar-refractivity contribution in [1.29, 1.82) is 0 Å². The van der Waals surface area contributed by atoms with E-state index in [2.05, 4.69) is 61.9 Å². The topological polar surface area (TPSA) is 0 Å². The first-order valence-electron chi connectivity index (χ1n) is 3.80. The number of alkyl halides is 1. The minimum Gasteiger partial charge on any atom is -0.0894 e. The van der Waals surface area contributed by atoms with E-state index in [9.17, 15) is 0 Å². The zero-order valence-electron chi connectivity index (χ0n) is 7.96. The van der Waals surface area contributed by atoms with Crippen molar-refractivity contribution in [3.05, 3.63) is 0 Å². The molecule has 0 bridgehead atoms. The van der Waals surface area contributed by atoms with Gasteiger partial charge in [-0.15, -0.1) is 0 Å². The van der Waals surface area contributed by atoms with E-state index in [0.29, 0.717) is 0 Å². The van der Waals surface area contributed by atoms with E-state index in [0.717, 1.165) is 3.17 Å². The van der Waals surface area contributed by atoms with Crippen LogP contribution in [0, 0.1) is 0 Å². The fraction of sp³-hybridized carbons (Fsp3) is 1.00. The highest BCUT2D eigenvalue weighted by atomic mass is 127. The highest BCUT2D eigenvalue weighted by Crippen LogP contribution is 2.26. The maximum absolute atomic E-state index is 2.68. The van der Waals surface area contributed by atoms with E-state index in [1.54, 1.807) is 0 Å². The zero-order valence-corrected chi connectivity index (χ0v) is 12.1. The van der Waals surface area contributed by atoms with Gasteiger partial charge in [0, 0.05) is 3.17 Å². The normalized spacial score (nSPS) is 14.4. The predicted molar refractivity (Wildman–Crippen MR) is 64.5 cm³/mol. The largest absolute Gasteiger partial charge is 0.0894 e. The first-order chi connectivity index (χ1) is 4.15. The molecule has 0 aromatic heterocycles. The number of hydrogen-bond acceptors (Lipinski definition) is 0. The summed E-state index contributed by atoms with van der Waals surface area (Å²) in [5.74, 6) is 0. The lowest BCUT2D eigenvalue weighted by Gasteiger charge is -2.33. The van der Waals surface area contributed by atoms with Crippen molar-refractivity contribution in [2.45, 2.75) is 42.5 Å². The van der Waals surface area contributed by atoms with Crippen molar-refractivity contribution in [3.63, 3.8) is 0 Å². The van der Waals surface area contributed by atoms with Crippen molar-refractivity contribution in [1.82, 2.24) is 0 Å². The number of halogens is 1. The molecule has 0 amide bonds. The summed E-state index contributed by atoms with van der Waals surface area (Å²) >= 11 is 2.68. The summed E-state index contributed by atoms with van der Waals surface area (Å²) in [4.78, 5) is 0. The predicted octanol–water partition coefficient (Wildman–Crippen LogP) is 3.54. The molecule has 62 valence electrons. The molecule has 3 heteroatoms. The Morgan fingerprint density at radius 3 is 1.00 bits per heavy atom. The van der Waals surface area contributed by atoms with E-state index in [-0.39, 0.29) is 0 Å². The van der Waals surface area contributed by atoms with E-state index in [1.807, 2.05) is 0 Å². The zero-order chi connectivity index (χ0) is 8.58. The Kier molecular flexibility index (Phi) is 3.65. The van der Waals surface area contributed by atoms with E-state index in [1.165, 1.54) is 0 Å². The number of rotatable bonds is 2. The molecule has 0 saturated carbocycles. The summed E-state index contributed by atoms with van der Waals surface area (Å²) in [6.45, 7) is 14.8. The maximum atomic E-state index is 2.68. The second-order valence-corrected chi connectivity index (χ2v) is 19.9. The molecule has 0 unspecified atom stereocenters. The van der Waals surface area contributed by atoms with Crippen LogP contribution in [0.4, 0.5) is 0 Å². The molecule has 0 fully saturated rings. The summed E-state index contributed by atoms with van der Waals surface area (Å²) in [5.41, 5.74) is 0. The van der Waals surface area contributed by atoms with Crippen molar-refractivity contribution < 1.29 is 0 Å². The molecule has 0 nitrogen and oxygen atoms in total. The van der Waals surface area contributed by atoms with Crippen LogP contribution in [0.1, 0.15) is 0 Å². The molecule has 0 heterocycles. The van der Waals surface area contributed by atoms with Crippen LogP contribution in [0.15, 0.2) is 0 Å². The third-order valence-electron chi connectivity index (χ3n) is 1.52. The monoisotopic (exact) mass is 286 g/mol. The molecule has 0 N–H and O–H groups in total. The van der Waals surface area contributed by atoms with Crippen molar-refractivity contribution in [2.24, 2.45) is 0 Å². The molecule has 0 rings (SSSR count). The summed E-state index contributed by atoms with van der Waals surface area (Å²) in [7, 11) is -1.70. The highest BCUT2D eigenvalue weighted by Gasteiger charge is 2.34. The van der Waals surface area contributed by atoms with Gasteiger partial charge in [0.25, 0.3) is 0 Å². The fourth-order valence-electron chi connectivity index (χ4n) is 1.30. The van der Waals surface area contributed by atoms with E-state index < -0.39 is 16.1 Å². The maximum Gasteiger partial charge on any atom is 0.0553 e. The minimum atomic E-state index is -0.848. The Morgan fingerprint density at radius 1 is 0.800 bits per heavy atom. The van der Waals surface area contributed by atoms with Crippen LogP contribution in [0.2, 0.25) is 39.3 Å². The molecular formula is C7H19ISi2. The van der Waals surface area contributed by atoms with Crippen LogP contribution >= 0.6 is 22.6 Å². The van der Waals surface area contributed by atoms with Gasteiger partial charge in [0.15, 0.2) is 0 Å². The molecule has 0 aliphatic heterocycles. The van der Waals surface area contributed by atoms with Gasteiger partial charge in [-0.2, -0.15) is 0 Å². The molecule has 0 radical (unpaired) electrons. The van der Waals surface area contributed by atoms with Gasteiger partial charge in [0.2, 0.25) is 0 Å². The molecule has 0 aliphatic rings. The Morgan fingerprint density at radius 2 is 1.00 bits per heavy atom. The molecule has 10 heavy (non-hydrogen) atoms. The van der Waals surface area contributed by atoms with Crippen LogP contribution in [-0.4, -0.2) is 19.3 Å². The number of hydrogen-bond donors (Lipinski definition) is 0. The second kappa shape index (κ2) is 3.27. The first kappa shape index (κ1) is 11.2. The van der Waals surface area contributed by atoms with Gasteiger partial charge < -0.3 is 0 Å². The van der Waals surface area contributed by atoms with Gasteiger partial charge in [-0.05, 0) is 0 Å². The quantitative estimate of drug-likeness (QED) is 0.414. The third kappa shape index (κ3) is 3.52. The van der Waals surface area contributed by atoms with Gasteiger partial charge >= 0.3 is 0 Å². The Balaban J connectivity index is 4.23. The van der Waals surface area contributed by atoms with Crippen molar-refractivity contribution in [2.75, 3.05) is 0 Å². The molecule has 0 saturated heterocycles. The Bertz CT molecular complexity index is 95.8. The molecule has 0 aromatic carbocycles. The van der Waals surface area contributed by atoms with Crippen molar-refractivity contribution >= 4 is 38.7 Å². The van der Waals surface area contributed by atoms with Crippen LogP contribution in [0.5, 0.6) is 0 Å². The minimum absolute atomic E-state index is 0.848. The van der Waals surface area contributed by atoms with Gasteiger partial charge in [0.1, 0.15) is 0 Å². The van der Waals surface area contributed by atoms with Gasteiger partial charge in [0.05, 0.1) is 16.1 Å². The molecule has 0 aromatic rings. The smallest absolute Gasteiger partial charge is 0.0553 e. The fourth-order valence-corrected chi connectivity index (χ4v) is 11.7. The van der Waals surface area contributed by atoms with Crippen LogP contribution < -0.4 is 0 Å². The average molecular weight is 286 g/mol. The third-order valence-corrected chi connectivity index (χ3v) is 21.0. The average Bonchev–Trinajstić information content (AvgIpc) is 1.59. The van der Waals surface area contributed by atoms with E-state index >= 15 is 0 Å². The van der Waals surface area contributed by atoms with Gasteiger partial charge in [-0.3, -0.25) is 0 Å². The molecular weight excluding hydrogens is 267 g/mol. The summed E-state index contributed by atoms with van der Waals surface area (Å²) in [5, 5.41) is 0. The second-order valence-electron chi connectivity index (χ2n) is 5.09. The van der Waals surface area contributed by atoms with Crippen LogP contribution in [-0.2, 0) is 0 Å².